The lowest BCUT2D eigenvalue weighted by Gasteiger charge is -2.24. The molecule has 0 aliphatic heterocycles. The molecule has 0 aromatic heterocycles. The van der Waals surface area contributed by atoms with Crippen molar-refractivity contribution in [2.24, 2.45) is 10.9 Å². The second kappa shape index (κ2) is 6.43. The molecule has 0 bridgehead atoms. The number of rotatable bonds is 7. The molecule has 1 aliphatic carbocycles. The number of oxime groups is 1. The van der Waals surface area contributed by atoms with Crippen LogP contribution in [0.1, 0.15) is 38.2 Å². The number of hydrogen-bond acceptors (Lipinski definition) is 5. The summed E-state index contributed by atoms with van der Waals surface area (Å²) >= 11 is 0. The van der Waals surface area contributed by atoms with Gasteiger partial charge in [0.2, 0.25) is 0 Å². The van der Waals surface area contributed by atoms with Crippen LogP contribution in [0.5, 0.6) is 0 Å². The van der Waals surface area contributed by atoms with Crippen molar-refractivity contribution in [1.29, 1.82) is 0 Å². The second-order valence-corrected chi connectivity index (χ2v) is 5.22. The van der Waals surface area contributed by atoms with Crippen LogP contribution >= 0.6 is 0 Å². The molecule has 7 nitrogen and oxygen atoms in total. The van der Waals surface area contributed by atoms with Gasteiger partial charge in [-0.3, -0.25) is 10.1 Å². The molecular formula is C14H20N4O3. The first kappa shape index (κ1) is 15.1. The van der Waals surface area contributed by atoms with E-state index in [0.717, 1.165) is 32.2 Å². The zero-order chi connectivity index (χ0) is 15.4. The van der Waals surface area contributed by atoms with E-state index in [1.165, 1.54) is 6.07 Å². The first-order valence-electron chi connectivity index (χ1n) is 7.11. The summed E-state index contributed by atoms with van der Waals surface area (Å²) in [5.41, 5.74) is 6.47. The van der Waals surface area contributed by atoms with Gasteiger partial charge in [-0.1, -0.05) is 18.5 Å². The average molecular weight is 292 g/mol. The number of unbranched alkanes of at least 4 members (excludes halogenated alkanes) is 1. The molecule has 1 saturated carbocycles. The van der Waals surface area contributed by atoms with Crippen molar-refractivity contribution in [2.75, 3.05) is 11.4 Å². The van der Waals surface area contributed by atoms with Crippen molar-refractivity contribution < 1.29 is 10.1 Å². The summed E-state index contributed by atoms with van der Waals surface area (Å²) in [5.74, 6) is -0.129. The fourth-order valence-electron chi connectivity index (χ4n) is 2.34. The molecular weight excluding hydrogens is 272 g/mol. The van der Waals surface area contributed by atoms with Crippen LogP contribution in [0.15, 0.2) is 23.4 Å². The number of nitro groups is 1. The van der Waals surface area contributed by atoms with Crippen LogP contribution in [-0.2, 0) is 0 Å². The molecule has 0 heterocycles. The Morgan fingerprint density at radius 1 is 1.57 bits per heavy atom. The molecule has 0 radical (unpaired) electrons. The molecule has 2 rings (SSSR count). The summed E-state index contributed by atoms with van der Waals surface area (Å²) in [4.78, 5) is 13.0. The first-order chi connectivity index (χ1) is 10.1. The molecule has 7 heteroatoms. The molecule has 114 valence electrons. The molecule has 0 spiro atoms. The van der Waals surface area contributed by atoms with Gasteiger partial charge in [0.25, 0.3) is 5.69 Å². The minimum Gasteiger partial charge on any atom is -0.409 e. The van der Waals surface area contributed by atoms with Crippen molar-refractivity contribution in [3.63, 3.8) is 0 Å². The molecule has 1 aliphatic rings. The lowest BCUT2D eigenvalue weighted by molar-refractivity contribution is -0.384. The Balaban J connectivity index is 2.38. The zero-order valence-corrected chi connectivity index (χ0v) is 12.0. The van der Waals surface area contributed by atoms with E-state index in [0.29, 0.717) is 17.3 Å². The molecule has 0 saturated heterocycles. The molecule has 1 aromatic rings. The van der Waals surface area contributed by atoms with E-state index >= 15 is 0 Å². The quantitative estimate of drug-likeness (QED) is 0.264. The Hall–Kier alpha value is -2.31. The van der Waals surface area contributed by atoms with Gasteiger partial charge in [0, 0.05) is 24.2 Å². The summed E-state index contributed by atoms with van der Waals surface area (Å²) in [6, 6.07) is 5.11. The van der Waals surface area contributed by atoms with Crippen molar-refractivity contribution >= 4 is 17.2 Å². The fraction of sp³-hybridized carbons (Fsp3) is 0.500. The third-order valence-corrected chi connectivity index (χ3v) is 3.63. The molecule has 21 heavy (non-hydrogen) atoms. The van der Waals surface area contributed by atoms with E-state index in [4.69, 9.17) is 10.9 Å². The van der Waals surface area contributed by atoms with Gasteiger partial charge in [-0.25, -0.2) is 0 Å². The van der Waals surface area contributed by atoms with E-state index < -0.39 is 4.92 Å². The number of nitro benzene ring substituents is 1. The van der Waals surface area contributed by atoms with E-state index in [1.54, 1.807) is 12.1 Å². The predicted molar refractivity (Wildman–Crippen MR) is 80.9 cm³/mol. The van der Waals surface area contributed by atoms with Crippen LogP contribution in [0.25, 0.3) is 0 Å². The lowest BCUT2D eigenvalue weighted by atomic mass is 10.1. The molecule has 0 atom stereocenters. The highest BCUT2D eigenvalue weighted by Gasteiger charge is 2.32. The zero-order valence-electron chi connectivity index (χ0n) is 12.0. The largest absolute Gasteiger partial charge is 0.409 e. The normalized spacial score (nSPS) is 15.0. The summed E-state index contributed by atoms with van der Waals surface area (Å²) < 4.78 is 0. The van der Waals surface area contributed by atoms with Gasteiger partial charge in [0.15, 0.2) is 5.84 Å². The third kappa shape index (κ3) is 3.42. The lowest BCUT2D eigenvalue weighted by Crippen LogP contribution is -2.27. The highest BCUT2D eigenvalue weighted by molar-refractivity contribution is 5.98. The Kier molecular flexibility index (Phi) is 4.62. The summed E-state index contributed by atoms with van der Waals surface area (Å²) in [6.07, 6.45) is 4.18. The van der Waals surface area contributed by atoms with Gasteiger partial charge in [-0.15, -0.1) is 0 Å². The number of hydrogen-bond donors (Lipinski definition) is 2. The summed E-state index contributed by atoms with van der Waals surface area (Å²) in [5, 5.41) is 22.9. The molecule has 3 N–H and O–H groups in total. The Morgan fingerprint density at radius 3 is 2.81 bits per heavy atom. The highest BCUT2D eigenvalue weighted by Crippen LogP contribution is 2.37. The molecule has 0 amide bonds. The van der Waals surface area contributed by atoms with Crippen molar-refractivity contribution in [3.8, 4) is 0 Å². The Morgan fingerprint density at radius 2 is 2.29 bits per heavy atom. The third-order valence-electron chi connectivity index (χ3n) is 3.63. The van der Waals surface area contributed by atoms with Gasteiger partial charge in [-0.2, -0.15) is 0 Å². The van der Waals surface area contributed by atoms with Gasteiger partial charge < -0.3 is 15.8 Å². The number of anilines is 1. The van der Waals surface area contributed by atoms with Crippen LogP contribution in [0, 0.1) is 10.1 Å². The van der Waals surface area contributed by atoms with Crippen molar-refractivity contribution in [3.05, 3.63) is 33.9 Å². The van der Waals surface area contributed by atoms with Crippen LogP contribution in [0.3, 0.4) is 0 Å². The van der Waals surface area contributed by atoms with Gasteiger partial charge >= 0.3 is 0 Å². The number of nitrogens with zero attached hydrogens (tertiary/aromatic N) is 3. The summed E-state index contributed by atoms with van der Waals surface area (Å²) in [6.45, 7) is 2.91. The maximum atomic E-state index is 11.3. The van der Waals surface area contributed by atoms with Gasteiger partial charge in [0.1, 0.15) is 5.69 Å². The van der Waals surface area contributed by atoms with Gasteiger partial charge in [-0.05, 0) is 31.4 Å². The van der Waals surface area contributed by atoms with Crippen LogP contribution in [-0.4, -0.2) is 28.6 Å². The van der Waals surface area contributed by atoms with E-state index in [1.807, 2.05) is 0 Å². The van der Waals surface area contributed by atoms with E-state index in [-0.39, 0.29) is 11.5 Å². The van der Waals surface area contributed by atoms with Crippen LogP contribution in [0.2, 0.25) is 0 Å². The Labute approximate surface area is 123 Å². The topological polar surface area (TPSA) is 105 Å². The van der Waals surface area contributed by atoms with Crippen molar-refractivity contribution in [1.82, 2.24) is 0 Å². The Bertz CT molecular complexity index is 555. The smallest absolute Gasteiger partial charge is 0.293 e. The number of benzene rings is 1. The predicted octanol–water partition coefficient (Wildman–Crippen LogP) is 2.46. The second-order valence-electron chi connectivity index (χ2n) is 5.22. The monoisotopic (exact) mass is 292 g/mol. The van der Waals surface area contributed by atoms with Crippen LogP contribution < -0.4 is 10.6 Å². The minimum absolute atomic E-state index is 0.00195. The molecule has 0 unspecified atom stereocenters. The maximum absolute atomic E-state index is 11.3. The number of amidine groups is 1. The highest BCUT2D eigenvalue weighted by atomic mass is 16.6. The van der Waals surface area contributed by atoms with Crippen molar-refractivity contribution in [2.45, 2.75) is 38.6 Å². The van der Waals surface area contributed by atoms with Crippen LogP contribution in [0.4, 0.5) is 11.4 Å². The van der Waals surface area contributed by atoms with E-state index in [9.17, 15) is 10.1 Å². The standard InChI is InChI=1S/C14H20N4O3/c1-2-3-8-17(11-5-6-11)12-7-4-10(14(15)16-19)9-13(12)18(20)21/h4,7,9,11,19H,2-3,5-6,8H2,1H3,(H2,15,16). The SMILES string of the molecule is CCCCN(c1ccc(C(N)=NO)cc1[N+](=O)[O-])C1CC1. The summed E-state index contributed by atoms with van der Waals surface area (Å²) in [7, 11) is 0. The number of nitrogens with two attached hydrogens (primary N) is 1. The average Bonchev–Trinajstić information content (AvgIpc) is 3.31. The minimum atomic E-state index is -0.412. The van der Waals surface area contributed by atoms with E-state index in [2.05, 4.69) is 17.0 Å². The first-order valence-corrected chi connectivity index (χ1v) is 7.11. The molecule has 1 fully saturated rings. The fourth-order valence-corrected chi connectivity index (χ4v) is 2.34. The maximum Gasteiger partial charge on any atom is 0.293 e. The van der Waals surface area contributed by atoms with Gasteiger partial charge in [0.05, 0.1) is 4.92 Å². The molecule has 1 aromatic carbocycles.